The van der Waals surface area contributed by atoms with Crippen molar-refractivity contribution in [1.82, 2.24) is 0 Å². The van der Waals surface area contributed by atoms with Crippen molar-refractivity contribution in [2.45, 2.75) is 27.2 Å². The molecule has 0 radical (unpaired) electrons. The van der Waals surface area contributed by atoms with E-state index in [2.05, 4.69) is 26.8 Å². The summed E-state index contributed by atoms with van der Waals surface area (Å²) < 4.78 is 0. The Labute approximate surface area is 67.5 Å². The predicted molar refractivity (Wildman–Crippen MR) is 44.1 cm³/mol. The fourth-order valence-corrected chi connectivity index (χ4v) is 2.69. The lowest BCUT2D eigenvalue weighted by molar-refractivity contribution is -0.150. The summed E-state index contributed by atoms with van der Waals surface area (Å²) in [5, 5.41) is 0. The minimum atomic E-state index is 0.251. The van der Waals surface area contributed by atoms with Gasteiger partial charge in [-0.15, -0.1) is 0 Å². The van der Waals surface area contributed by atoms with Crippen LogP contribution in [-0.4, -0.2) is 5.78 Å². The Balaban J connectivity index is 2.41. The number of hydrogen-bond acceptors (Lipinski definition) is 1. The zero-order chi connectivity index (χ0) is 8.22. The lowest BCUT2D eigenvalue weighted by atomic mass is 9.48. The van der Waals surface area contributed by atoms with Crippen LogP contribution in [0.3, 0.4) is 0 Å². The highest BCUT2D eigenvalue weighted by molar-refractivity contribution is 5.95. The van der Waals surface area contributed by atoms with E-state index in [4.69, 9.17) is 0 Å². The van der Waals surface area contributed by atoms with Gasteiger partial charge in [0.1, 0.15) is 5.78 Å². The first-order valence-corrected chi connectivity index (χ1v) is 4.25. The largest absolute Gasteiger partial charge is 0.299 e. The normalized spacial score (nSPS) is 39.5. The van der Waals surface area contributed by atoms with Crippen LogP contribution in [0.4, 0.5) is 0 Å². The summed E-state index contributed by atoms with van der Waals surface area (Å²) >= 11 is 0. The number of hydrogen-bond donors (Lipinski definition) is 0. The molecule has 0 heterocycles. The van der Waals surface area contributed by atoms with E-state index in [1.54, 1.807) is 0 Å². The standard InChI is InChI=1S/C10H14O/c1-6-4-5-7-9(11)8(6)10(7,2)3/h4,7-8H,5H2,1-3H3/t7-,8-/m0/s1. The monoisotopic (exact) mass is 150 g/mol. The summed E-state index contributed by atoms with van der Waals surface area (Å²) in [4.78, 5) is 11.4. The fraction of sp³-hybridized carbons (Fsp3) is 0.700. The maximum absolute atomic E-state index is 11.4. The average Bonchev–Trinajstić information content (AvgIpc) is 1.85. The Hall–Kier alpha value is -0.590. The Morgan fingerprint density at radius 2 is 2.18 bits per heavy atom. The fourth-order valence-electron chi connectivity index (χ4n) is 2.69. The van der Waals surface area contributed by atoms with Crippen molar-refractivity contribution in [2.24, 2.45) is 17.3 Å². The third-order valence-electron chi connectivity index (χ3n) is 3.40. The summed E-state index contributed by atoms with van der Waals surface area (Å²) in [7, 11) is 0. The van der Waals surface area contributed by atoms with Gasteiger partial charge in [0, 0.05) is 11.8 Å². The van der Waals surface area contributed by atoms with Gasteiger partial charge in [0.25, 0.3) is 0 Å². The van der Waals surface area contributed by atoms with Gasteiger partial charge in [0.15, 0.2) is 0 Å². The van der Waals surface area contributed by atoms with E-state index in [-0.39, 0.29) is 11.3 Å². The topological polar surface area (TPSA) is 17.1 Å². The van der Waals surface area contributed by atoms with Gasteiger partial charge in [0.2, 0.25) is 0 Å². The molecule has 2 atom stereocenters. The molecule has 0 saturated heterocycles. The Morgan fingerprint density at radius 1 is 1.55 bits per heavy atom. The molecular formula is C10H14O. The quantitative estimate of drug-likeness (QED) is 0.484. The van der Waals surface area contributed by atoms with E-state index in [0.29, 0.717) is 11.7 Å². The van der Waals surface area contributed by atoms with Crippen LogP contribution in [0.5, 0.6) is 0 Å². The average molecular weight is 150 g/mol. The summed E-state index contributed by atoms with van der Waals surface area (Å²) in [5.74, 6) is 1.06. The van der Waals surface area contributed by atoms with Gasteiger partial charge in [-0.3, -0.25) is 4.79 Å². The third-order valence-corrected chi connectivity index (χ3v) is 3.40. The third kappa shape index (κ3) is 0.640. The molecule has 3 rings (SSSR count). The number of rotatable bonds is 0. The number of allylic oxidation sites excluding steroid dienone is 2. The highest BCUT2D eigenvalue weighted by atomic mass is 16.1. The van der Waals surface area contributed by atoms with Gasteiger partial charge < -0.3 is 0 Å². The van der Waals surface area contributed by atoms with Crippen LogP contribution in [0.2, 0.25) is 0 Å². The van der Waals surface area contributed by atoms with Gasteiger partial charge in [-0.25, -0.2) is 0 Å². The van der Waals surface area contributed by atoms with E-state index < -0.39 is 0 Å². The summed E-state index contributed by atoms with van der Waals surface area (Å²) in [6.45, 7) is 6.50. The summed E-state index contributed by atoms with van der Waals surface area (Å²) in [5.41, 5.74) is 1.55. The van der Waals surface area contributed by atoms with Crippen molar-refractivity contribution in [1.29, 1.82) is 0 Å². The number of ketones is 1. The van der Waals surface area contributed by atoms with E-state index in [9.17, 15) is 4.79 Å². The van der Waals surface area contributed by atoms with Gasteiger partial charge in [-0.2, -0.15) is 0 Å². The lowest BCUT2D eigenvalue weighted by Crippen LogP contribution is -2.56. The Kier molecular flexibility index (Phi) is 1.14. The zero-order valence-electron chi connectivity index (χ0n) is 7.35. The van der Waals surface area contributed by atoms with Crippen LogP contribution < -0.4 is 0 Å². The molecule has 2 bridgehead atoms. The molecule has 0 aromatic heterocycles. The first-order valence-electron chi connectivity index (χ1n) is 4.25. The van der Waals surface area contributed by atoms with Crippen LogP contribution in [0.25, 0.3) is 0 Å². The molecule has 1 heteroatoms. The predicted octanol–water partition coefficient (Wildman–Crippen LogP) is 2.18. The van der Waals surface area contributed by atoms with Crippen molar-refractivity contribution in [3.8, 4) is 0 Å². The maximum Gasteiger partial charge on any atom is 0.144 e. The molecule has 0 amide bonds. The Bertz CT molecular complexity index is 248. The second-order valence-electron chi connectivity index (χ2n) is 4.39. The highest BCUT2D eigenvalue weighted by Gasteiger charge is 2.57. The van der Waals surface area contributed by atoms with Crippen LogP contribution in [0.1, 0.15) is 27.2 Å². The minimum absolute atomic E-state index is 0.251. The lowest BCUT2D eigenvalue weighted by Gasteiger charge is -2.53. The second-order valence-corrected chi connectivity index (χ2v) is 4.39. The van der Waals surface area contributed by atoms with Gasteiger partial charge in [-0.05, 0) is 18.8 Å². The number of fused-ring (bicyclic) bond motifs is 1. The molecule has 0 spiro atoms. The molecule has 1 nitrogen and oxygen atoms in total. The van der Waals surface area contributed by atoms with E-state index in [1.165, 1.54) is 5.57 Å². The molecule has 0 unspecified atom stereocenters. The van der Waals surface area contributed by atoms with Crippen molar-refractivity contribution < 1.29 is 4.79 Å². The van der Waals surface area contributed by atoms with Crippen molar-refractivity contribution in [2.75, 3.05) is 0 Å². The van der Waals surface area contributed by atoms with Gasteiger partial charge in [0.05, 0.1) is 0 Å². The van der Waals surface area contributed by atoms with E-state index in [1.807, 2.05) is 0 Å². The van der Waals surface area contributed by atoms with Gasteiger partial charge >= 0.3 is 0 Å². The Morgan fingerprint density at radius 3 is 2.45 bits per heavy atom. The molecule has 0 aromatic rings. The van der Waals surface area contributed by atoms with Crippen LogP contribution in [-0.2, 0) is 4.79 Å². The van der Waals surface area contributed by atoms with Crippen LogP contribution in [0, 0.1) is 17.3 Å². The van der Waals surface area contributed by atoms with Crippen molar-refractivity contribution in [3.63, 3.8) is 0 Å². The SMILES string of the molecule is CC1=CC[C@H]2C(=O)[C@H]1C2(C)C. The zero-order valence-corrected chi connectivity index (χ0v) is 7.35. The number of carbonyl (C=O) groups is 1. The highest BCUT2D eigenvalue weighted by Crippen LogP contribution is 2.56. The molecule has 1 saturated carbocycles. The molecule has 0 aromatic carbocycles. The first-order chi connectivity index (χ1) is 5.05. The number of Topliss-reactive ketones (excluding diaryl/α,β-unsaturated/α-hetero) is 1. The molecule has 3 aliphatic carbocycles. The van der Waals surface area contributed by atoms with Crippen LogP contribution in [0.15, 0.2) is 11.6 Å². The van der Waals surface area contributed by atoms with Crippen LogP contribution >= 0.6 is 0 Å². The van der Waals surface area contributed by atoms with Gasteiger partial charge in [-0.1, -0.05) is 25.5 Å². The minimum Gasteiger partial charge on any atom is -0.299 e. The molecule has 60 valence electrons. The molecule has 0 N–H and O–H groups in total. The molecule has 0 aliphatic heterocycles. The van der Waals surface area contributed by atoms with E-state index >= 15 is 0 Å². The molecule has 11 heavy (non-hydrogen) atoms. The smallest absolute Gasteiger partial charge is 0.144 e. The van der Waals surface area contributed by atoms with E-state index in [0.717, 1.165) is 6.42 Å². The number of carbonyl (C=O) groups excluding carboxylic acids is 1. The summed E-state index contributed by atoms with van der Waals surface area (Å²) in [6, 6.07) is 0. The molecule has 3 aliphatic rings. The first kappa shape index (κ1) is 7.08. The summed E-state index contributed by atoms with van der Waals surface area (Å²) in [6.07, 6.45) is 3.20. The second kappa shape index (κ2) is 1.77. The molecular weight excluding hydrogens is 136 g/mol. The maximum atomic E-state index is 11.4. The molecule has 1 fully saturated rings. The van der Waals surface area contributed by atoms with Crippen molar-refractivity contribution >= 4 is 5.78 Å². The van der Waals surface area contributed by atoms with Crippen molar-refractivity contribution in [3.05, 3.63) is 11.6 Å².